The average molecular weight is 439 g/mol. The fourth-order valence-corrected chi connectivity index (χ4v) is 3.48. The van der Waals surface area contributed by atoms with Crippen LogP contribution in [0.15, 0.2) is 60.7 Å². The topological polar surface area (TPSA) is 52.6 Å². The minimum absolute atomic E-state index is 0.0682. The van der Waals surface area contributed by atoms with Gasteiger partial charge in [-0.05, 0) is 34.4 Å². The van der Waals surface area contributed by atoms with Crippen molar-refractivity contribution in [1.29, 1.82) is 0 Å². The van der Waals surface area contributed by atoms with Crippen molar-refractivity contribution in [2.75, 3.05) is 0 Å². The van der Waals surface area contributed by atoms with Gasteiger partial charge in [-0.3, -0.25) is 4.79 Å². The number of carbonyl (C=O) groups is 2. The Labute approximate surface area is 193 Å². The average Bonchev–Trinajstić information content (AvgIpc) is 2.72. The second-order valence-electron chi connectivity index (χ2n) is 10.7. The molecule has 174 valence electrons. The molecule has 0 aliphatic rings. The molecule has 0 aromatic heterocycles. The molecular formula is C28H38O4. The van der Waals surface area contributed by atoms with E-state index in [0.29, 0.717) is 18.4 Å². The lowest BCUT2D eigenvalue weighted by atomic mass is 9.79. The van der Waals surface area contributed by atoms with E-state index in [4.69, 9.17) is 9.47 Å². The summed E-state index contributed by atoms with van der Waals surface area (Å²) in [4.78, 5) is 25.6. The summed E-state index contributed by atoms with van der Waals surface area (Å²) in [7, 11) is 0. The minimum atomic E-state index is -0.404. The molecule has 3 atom stereocenters. The van der Waals surface area contributed by atoms with E-state index in [2.05, 4.69) is 0 Å². The number of ether oxygens (including phenoxy) is 2. The number of carbonyl (C=O) groups excluding carboxylic acids is 2. The molecule has 4 heteroatoms. The van der Waals surface area contributed by atoms with Crippen molar-refractivity contribution >= 4 is 11.9 Å². The van der Waals surface area contributed by atoms with Gasteiger partial charge in [-0.2, -0.15) is 0 Å². The standard InChI is InChI=1S/C28H38O4/c1-20(21-14-10-8-11-15-21)18-25(29)31-23(27(2,3)4)19-24(28(5,6)7)32-26(30)22-16-12-9-13-17-22/h8-17,20,23-24H,18-19H2,1-7H3/t20-,23?,24?/m1/s1. The zero-order chi connectivity index (χ0) is 23.9. The summed E-state index contributed by atoms with van der Waals surface area (Å²) in [5.74, 6) is -0.524. The summed E-state index contributed by atoms with van der Waals surface area (Å²) in [5, 5.41) is 0. The summed E-state index contributed by atoms with van der Waals surface area (Å²) in [6, 6.07) is 19.0. The highest BCUT2D eigenvalue weighted by Crippen LogP contribution is 2.34. The minimum Gasteiger partial charge on any atom is -0.462 e. The van der Waals surface area contributed by atoms with E-state index in [1.54, 1.807) is 12.1 Å². The fraction of sp³-hybridized carbons (Fsp3) is 0.500. The lowest BCUT2D eigenvalue weighted by Crippen LogP contribution is -2.41. The molecular weight excluding hydrogens is 400 g/mol. The Bertz CT molecular complexity index is 860. The molecule has 0 amide bonds. The molecule has 0 aliphatic carbocycles. The third kappa shape index (κ3) is 7.81. The molecule has 0 saturated heterocycles. The van der Waals surface area contributed by atoms with E-state index in [9.17, 15) is 9.59 Å². The van der Waals surface area contributed by atoms with Crippen LogP contribution in [0.1, 0.15) is 83.1 Å². The molecule has 0 bridgehead atoms. The second-order valence-corrected chi connectivity index (χ2v) is 10.7. The smallest absolute Gasteiger partial charge is 0.338 e. The van der Waals surface area contributed by atoms with Crippen LogP contribution >= 0.6 is 0 Å². The first-order chi connectivity index (χ1) is 14.9. The van der Waals surface area contributed by atoms with Gasteiger partial charge in [0, 0.05) is 6.42 Å². The van der Waals surface area contributed by atoms with Crippen LogP contribution in [0.2, 0.25) is 0 Å². The molecule has 4 nitrogen and oxygen atoms in total. The Morgan fingerprint density at radius 1 is 0.750 bits per heavy atom. The van der Waals surface area contributed by atoms with Crippen LogP contribution in [-0.2, 0) is 14.3 Å². The fourth-order valence-electron chi connectivity index (χ4n) is 3.48. The Morgan fingerprint density at radius 2 is 1.22 bits per heavy atom. The molecule has 0 N–H and O–H groups in total. The third-order valence-corrected chi connectivity index (χ3v) is 5.73. The molecule has 0 aliphatic heterocycles. The van der Waals surface area contributed by atoms with E-state index in [1.165, 1.54) is 0 Å². The molecule has 0 fully saturated rings. The van der Waals surface area contributed by atoms with E-state index >= 15 is 0 Å². The normalized spacial score (nSPS) is 14.8. The molecule has 0 saturated carbocycles. The van der Waals surface area contributed by atoms with Crippen LogP contribution in [0.4, 0.5) is 0 Å². The van der Waals surface area contributed by atoms with Gasteiger partial charge in [-0.1, -0.05) is 97.0 Å². The molecule has 0 heterocycles. The monoisotopic (exact) mass is 438 g/mol. The van der Waals surface area contributed by atoms with Crippen LogP contribution in [0.3, 0.4) is 0 Å². The molecule has 0 spiro atoms. The van der Waals surface area contributed by atoms with Gasteiger partial charge in [0.05, 0.1) is 12.0 Å². The van der Waals surface area contributed by atoms with E-state index < -0.39 is 6.10 Å². The Kier molecular flexibility index (Phi) is 8.65. The Hall–Kier alpha value is -2.62. The summed E-state index contributed by atoms with van der Waals surface area (Å²) in [5.41, 5.74) is 1.02. The highest BCUT2D eigenvalue weighted by atomic mass is 16.6. The maximum atomic E-state index is 12.8. The van der Waals surface area contributed by atoms with Crippen molar-refractivity contribution in [1.82, 2.24) is 0 Å². The first kappa shape index (κ1) is 25.6. The molecule has 2 aromatic rings. The lowest BCUT2D eigenvalue weighted by Gasteiger charge is -2.37. The largest absolute Gasteiger partial charge is 0.462 e. The van der Waals surface area contributed by atoms with Crippen LogP contribution < -0.4 is 0 Å². The molecule has 2 unspecified atom stereocenters. The van der Waals surface area contributed by atoms with Gasteiger partial charge < -0.3 is 9.47 Å². The molecule has 0 radical (unpaired) electrons. The van der Waals surface area contributed by atoms with Crippen LogP contribution in [0, 0.1) is 10.8 Å². The highest BCUT2D eigenvalue weighted by molar-refractivity contribution is 5.89. The van der Waals surface area contributed by atoms with Crippen LogP contribution in [0.25, 0.3) is 0 Å². The van der Waals surface area contributed by atoms with Gasteiger partial charge in [-0.15, -0.1) is 0 Å². The van der Waals surface area contributed by atoms with Crippen LogP contribution in [-0.4, -0.2) is 24.1 Å². The zero-order valence-corrected chi connectivity index (χ0v) is 20.6. The first-order valence-corrected chi connectivity index (χ1v) is 11.4. The number of hydrogen-bond donors (Lipinski definition) is 0. The van der Waals surface area contributed by atoms with Gasteiger partial charge in [-0.25, -0.2) is 4.79 Å². The SMILES string of the molecule is C[C@H](CC(=O)OC(CC(OC(=O)c1ccccc1)C(C)(C)C)C(C)(C)C)c1ccccc1. The number of rotatable bonds is 8. The maximum absolute atomic E-state index is 12.8. The Morgan fingerprint density at radius 3 is 1.72 bits per heavy atom. The van der Waals surface area contributed by atoms with Crippen molar-refractivity contribution < 1.29 is 19.1 Å². The van der Waals surface area contributed by atoms with Gasteiger partial charge in [0.25, 0.3) is 0 Å². The third-order valence-electron chi connectivity index (χ3n) is 5.73. The summed E-state index contributed by atoms with van der Waals surface area (Å²) >= 11 is 0. The Balaban J connectivity index is 2.12. The van der Waals surface area contributed by atoms with Crippen molar-refractivity contribution in [3.05, 3.63) is 71.8 Å². The van der Waals surface area contributed by atoms with Gasteiger partial charge in [0.2, 0.25) is 0 Å². The zero-order valence-electron chi connectivity index (χ0n) is 20.6. The highest BCUT2D eigenvalue weighted by Gasteiger charge is 2.37. The van der Waals surface area contributed by atoms with E-state index in [1.807, 2.05) is 97.0 Å². The lowest BCUT2D eigenvalue weighted by molar-refractivity contribution is -0.158. The maximum Gasteiger partial charge on any atom is 0.338 e. The number of esters is 2. The van der Waals surface area contributed by atoms with Crippen molar-refractivity contribution in [2.45, 2.75) is 79.4 Å². The van der Waals surface area contributed by atoms with Crippen molar-refractivity contribution in [2.24, 2.45) is 10.8 Å². The second kappa shape index (κ2) is 10.8. The number of hydrogen-bond acceptors (Lipinski definition) is 4. The van der Waals surface area contributed by atoms with E-state index in [-0.39, 0.29) is 34.8 Å². The predicted octanol–water partition coefficient (Wildman–Crippen LogP) is 6.80. The van der Waals surface area contributed by atoms with Crippen molar-refractivity contribution in [3.63, 3.8) is 0 Å². The van der Waals surface area contributed by atoms with Crippen LogP contribution in [0.5, 0.6) is 0 Å². The number of benzene rings is 2. The summed E-state index contributed by atoms with van der Waals surface area (Å²) in [6.07, 6.45) is -0.0398. The van der Waals surface area contributed by atoms with Gasteiger partial charge >= 0.3 is 11.9 Å². The quantitative estimate of drug-likeness (QED) is 0.425. The molecule has 2 aromatic carbocycles. The van der Waals surface area contributed by atoms with Crippen molar-refractivity contribution in [3.8, 4) is 0 Å². The molecule has 32 heavy (non-hydrogen) atoms. The van der Waals surface area contributed by atoms with E-state index in [0.717, 1.165) is 5.56 Å². The summed E-state index contributed by atoms with van der Waals surface area (Å²) in [6.45, 7) is 14.3. The molecule has 2 rings (SSSR count). The predicted molar refractivity (Wildman–Crippen MR) is 129 cm³/mol. The van der Waals surface area contributed by atoms with Gasteiger partial charge in [0.1, 0.15) is 12.2 Å². The first-order valence-electron chi connectivity index (χ1n) is 11.4. The summed E-state index contributed by atoms with van der Waals surface area (Å²) < 4.78 is 11.9. The van der Waals surface area contributed by atoms with Gasteiger partial charge in [0.15, 0.2) is 0 Å².